The van der Waals surface area contributed by atoms with E-state index in [-0.39, 0.29) is 0 Å². The summed E-state index contributed by atoms with van der Waals surface area (Å²) in [6, 6.07) is 4.43. The summed E-state index contributed by atoms with van der Waals surface area (Å²) < 4.78 is 2.74. The molecule has 0 aromatic carbocycles. The van der Waals surface area contributed by atoms with Gasteiger partial charge in [-0.1, -0.05) is 28.5 Å². The van der Waals surface area contributed by atoms with Gasteiger partial charge in [-0.05, 0) is 24.3 Å². The Balaban J connectivity index is 2.21. The summed E-state index contributed by atoms with van der Waals surface area (Å²) in [5.41, 5.74) is 0. The molecule has 0 aliphatic carbocycles. The van der Waals surface area contributed by atoms with Crippen LogP contribution in [-0.4, -0.2) is 5.75 Å². The topological polar surface area (TPSA) is 0 Å². The predicted octanol–water partition coefficient (Wildman–Crippen LogP) is 2.53. The van der Waals surface area contributed by atoms with E-state index in [1.807, 2.05) is 29.2 Å². The Bertz CT molecular complexity index is 632. The lowest BCUT2D eigenvalue weighted by Crippen LogP contribution is -1.95. The largest absolute Gasteiger partial charge is 0.134 e. The quantitative estimate of drug-likeness (QED) is 0.680. The molecule has 0 saturated carbocycles. The highest BCUT2D eigenvalue weighted by molar-refractivity contribution is 8.08. The molecular formula is C12H8S3. The molecule has 0 saturated heterocycles. The molecule has 3 heterocycles. The molecule has 2 aliphatic rings. The van der Waals surface area contributed by atoms with E-state index in [0.717, 1.165) is 5.75 Å². The molecule has 3 heteroatoms. The molecule has 0 amide bonds. The molecule has 2 aliphatic heterocycles. The fourth-order valence-corrected chi connectivity index (χ4v) is 4.21. The van der Waals surface area contributed by atoms with Gasteiger partial charge >= 0.3 is 0 Å². The zero-order valence-corrected chi connectivity index (χ0v) is 10.3. The molecule has 0 unspecified atom stereocenters. The summed E-state index contributed by atoms with van der Waals surface area (Å²) in [7, 11) is 0. The van der Waals surface area contributed by atoms with E-state index < -0.39 is 0 Å². The fraction of sp³-hybridized carbons (Fsp3) is 0.0833. The van der Waals surface area contributed by atoms with E-state index in [1.54, 1.807) is 11.2 Å². The Labute approximate surface area is 100 Å². The van der Waals surface area contributed by atoms with Crippen LogP contribution in [0.5, 0.6) is 0 Å². The van der Waals surface area contributed by atoms with E-state index >= 15 is 0 Å². The van der Waals surface area contributed by atoms with Crippen molar-refractivity contribution in [2.45, 2.75) is 0 Å². The molecular weight excluding hydrogens is 240 g/mol. The third-order valence-corrected chi connectivity index (χ3v) is 5.43. The Morgan fingerprint density at radius 1 is 1.07 bits per heavy atom. The van der Waals surface area contributed by atoms with Gasteiger partial charge in [-0.2, -0.15) is 0 Å². The average molecular weight is 248 g/mol. The third kappa shape index (κ3) is 1.84. The first-order valence-electron chi connectivity index (χ1n) is 4.66. The number of thioether (sulfide) groups is 1. The molecule has 0 fully saturated rings. The standard InChI is InChI=1S/C12H8S3/c1-3-9(13-7-1)11-5-6-12(15-11)10-4-2-8-14-10/h1-6H,7H2/b11-9-,12-10-. The van der Waals surface area contributed by atoms with Crippen LogP contribution in [0.3, 0.4) is 0 Å². The van der Waals surface area contributed by atoms with E-state index in [4.69, 9.17) is 0 Å². The predicted molar refractivity (Wildman–Crippen MR) is 72.6 cm³/mol. The van der Waals surface area contributed by atoms with Crippen LogP contribution in [0.25, 0.3) is 9.81 Å². The van der Waals surface area contributed by atoms with Gasteiger partial charge in [-0.15, -0.1) is 23.1 Å². The molecule has 1 aromatic heterocycles. The van der Waals surface area contributed by atoms with Crippen molar-refractivity contribution in [3.05, 3.63) is 45.5 Å². The van der Waals surface area contributed by atoms with Crippen molar-refractivity contribution in [1.29, 1.82) is 0 Å². The van der Waals surface area contributed by atoms with Crippen molar-refractivity contribution in [2.24, 2.45) is 0 Å². The number of allylic oxidation sites excluding steroid dienone is 1. The maximum atomic E-state index is 3.13. The summed E-state index contributed by atoms with van der Waals surface area (Å²) in [5.74, 6) is 1.12. The smallest absolute Gasteiger partial charge is 0.0533 e. The third-order valence-electron chi connectivity index (χ3n) is 2.17. The summed E-state index contributed by atoms with van der Waals surface area (Å²) >= 11 is 5.47. The molecule has 0 atom stereocenters. The summed E-state index contributed by atoms with van der Waals surface area (Å²) in [6.07, 6.45) is 8.55. The molecule has 0 nitrogen and oxygen atoms in total. The molecule has 74 valence electrons. The lowest BCUT2D eigenvalue weighted by Gasteiger charge is -1.86. The van der Waals surface area contributed by atoms with Crippen LogP contribution in [0.15, 0.2) is 36.4 Å². The number of rotatable bonds is 0. The summed E-state index contributed by atoms with van der Waals surface area (Å²) in [6.45, 7) is 0. The van der Waals surface area contributed by atoms with Gasteiger partial charge in [-0.25, -0.2) is 0 Å². The van der Waals surface area contributed by atoms with Gasteiger partial charge in [0, 0.05) is 19.7 Å². The second kappa shape index (κ2) is 4.03. The molecule has 0 radical (unpaired) electrons. The minimum absolute atomic E-state index is 1.12. The number of thiophene rings is 1. The minimum atomic E-state index is 1.12. The van der Waals surface area contributed by atoms with Crippen LogP contribution in [-0.2, 0) is 0 Å². The second-order valence-corrected chi connectivity index (χ2v) is 6.18. The molecule has 0 N–H and O–H groups in total. The maximum absolute atomic E-state index is 3.13. The number of hydrogen-bond acceptors (Lipinski definition) is 2. The van der Waals surface area contributed by atoms with Crippen LogP contribution in [0.2, 0.25) is 0 Å². The first-order chi connectivity index (χ1) is 7.43. The van der Waals surface area contributed by atoms with Gasteiger partial charge in [0.15, 0.2) is 0 Å². The minimum Gasteiger partial charge on any atom is -0.134 e. The maximum Gasteiger partial charge on any atom is 0.0533 e. The van der Waals surface area contributed by atoms with Crippen molar-refractivity contribution in [1.82, 2.24) is 0 Å². The van der Waals surface area contributed by atoms with Crippen molar-refractivity contribution in [3.63, 3.8) is 0 Å². The van der Waals surface area contributed by atoms with Gasteiger partial charge in [0.25, 0.3) is 0 Å². The molecule has 15 heavy (non-hydrogen) atoms. The van der Waals surface area contributed by atoms with Gasteiger partial charge in [-0.3, -0.25) is 0 Å². The summed E-state index contributed by atoms with van der Waals surface area (Å²) in [4.78, 5) is 2.73. The van der Waals surface area contributed by atoms with E-state index in [2.05, 4.69) is 35.5 Å². The van der Waals surface area contributed by atoms with Crippen LogP contribution < -0.4 is 9.06 Å². The van der Waals surface area contributed by atoms with Crippen LogP contribution in [0.1, 0.15) is 0 Å². The van der Waals surface area contributed by atoms with Gasteiger partial charge < -0.3 is 0 Å². The van der Waals surface area contributed by atoms with Gasteiger partial charge in [0.05, 0.1) is 4.91 Å². The number of hydrogen-bond donors (Lipinski definition) is 0. The Morgan fingerprint density at radius 3 is 2.60 bits per heavy atom. The Kier molecular flexibility index (Phi) is 2.55. The molecule has 0 bridgehead atoms. The van der Waals surface area contributed by atoms with Crippen LogP contribution in [0.4, 0.5) is 0 Å². The van der Waals surface area contributed by atoms with E-state index in [1.165, 1.54) is 18.9 Å². The summed E-state index contributed by atoms with van der Waals surface area (Å²) in [5, 5.41) is 3.13. The molecule has 3 rings (SSSR count). The Hall–Kier alpha value is -0.730. The zero-order valence-electron chi connectivity index (χ0n) is 7.90. The van der Waals surface area contributed by atoms with Crippen LogP contribution >= 0.6 is 34.3 Å². The lowest BCUT2D eigenvalue weighted by atomic mass is 10.4. The lowest BCUT2D eigenvalue weighted by molar-refractivity contribution is 1.82. The highest BCUT2D eigenvalue weighted by atomic mass is 32.2. The highest BCUT2D eigenvalue weighted by Crippen LogP contribution is 2.23. The normalized spacial score (nSPS) is 25.1. The van der Waals surface area contributed by atoms with Crippen LogP contribution in [0, 0.1) is 5.18 Å². The molecule has 0 spiro atoms. The van der Waals surface area contributed by atoms with Gasteiger partial charge in [0.2, 0.25) is 0 Å². The van der Waals surface area contributed by atoms with E-state index in [0.29, 0.717) is 0 Å². The Morgan fingerprint density at radius 2 is 1.93 bits per heavy atom. The van der Waals surface area contributed by atoms with Gasteiger partial charge in [0.1, 0.15) is 0 Å². The monoisotopic (exact) mass is 248 g/mol. The molecule has 1 aromatic rings. The second-order valence-electron chi connectivity index (χ2n) is 3.16. The first kappa shape index (κ1) is 9.49. The first-order valence-corrected chi connectivity index (χ1v) is 7.28. The fourth-order valence-electron chi connectivity index (χ4n) is 1.47. The van der Waals surface area contributed by atoms with Crippen molar-refractivity contribution in [3.8, 4) is 5.18 Å². The van der Waals surface area contributed by atoms with Crippen molar-refractivity contribution >= 4 is 44.1 Å². The van der Waals surface area contributed by atoms with E-state index in [9.17, 15) is 0 Å². The SMILES string of the molecule is C1#S/C(=c2/cc/c(=C3\C=CCS3)s2)C=C1. The highest BCUT2D eigenvalue weighted by Gasteiger charge is 2.02. The van der Waals surface area contributed by atoms with Crippen molar-refractivity contribution in [2.75, 3.05) is 5.75 Å². The average Bonchev–Trinajstić information content (AvgIpc) is 3.02. The zero-order chi connectivity index (χ0) is 10.1. The van der Waals surface area contributed by atoms with Crippen molar-refractivity contribution < 1.29 is 0 Å².